The number of carbonyl (C=O) groups excluding carboxylic acids is 1. The van der Waals surface area contributed by atoms with Crippen LogP contribution in [0, 0.1) is 5.92 Å². The first-order valence-electron chi connectivity index (χ1n) is 5.62. The van der Waals surface area contributed by atoms with Crippen LogP contribution in [0.3, 0.4) is 0 Å². The number of nitrogens with one attached hydrogen (secondary N) is 1. The van der Waals surface area contributed by atoms with Crippen LogP contribution in [0.1, 0.15) is 12.5 Å². The van der Waals surface area contributed by atoms with Gasteiger partial charge in [-0.2, -0.15) is 5.10 Å². The highest BCUT2D eigenvalue weighted by Crippen LogP contribution is 2.32. The van der Waals surface area contributed by atoms with E-state index in [1.54, 1.807) is 6.21 Å². The molecule has 6 nitrogen and oxygen atoms in total. The molecule has 0 fully saturated rings. The van der Waals surface area contributed by atoms with E-state index in [0.717, 1.165) is 23.5 Å². The molecule has 0 saturated heterocycles. The largest absolute Gasteiger partial charge is 0.454 e. The van der Waals surface area contributed by atoms with E-state index in [0.29, 0.717) is 0 Å². The molecule has 1 aliphatic rings. The van der Waals surface area contributed by atoms with Gasteiger partial charge in [0.15, 0.2) is 11.5 Å². The number of hydrogen-bond acceptors (Lipinski definition) is 4. The Labute approximate surface area is 105 Å². The molecule has 0 aromatic heterocycles. The van der Waals surface area contributed by atoms with Crippen LogP contribution in [0.25, 0.3) is 0 Å². The summed E-state index contributed by atoms with van der Waals surface area (Å²) in [5.74, 6) is 1.72. The smallest absolute Gasteiger partial charge is 0.332 e. The van der Waals surface area contributed by atoms with E-state index in [1.807, 2.05) is 25.1 Å². The molecule has 0 bridgehead atoms. The summed E-state index contributed by atoms with van der Waals surface area (Å²) < 4.78 is 10.5. The number of urea groups is 1. The zero-order valence-electron chi connectivity index (χ0n) is 10.1. The molecule has 0 aliphatic carbocycles. The van der Waals surface area contributed by atoms with Crippen molar-refractivity contribution < 1.29 is 14.3 Å². The highest BCUT2D eigenvalue weighted by molar-refractivity contribution is 5.73. The van der Waals surface area contributed by atoms with Crippen LogP contribution in [0.2, 0.25) is 0 Å². The normalized spacial score (nSPS) is 14.7. The maximum absolute atomic E-state index is 10.4. The van der Waals surface area contributed by atoms with Crippen LogP contribution in [-0.2, 0) is 6.42 Å². The van der Waals surface area contributed by atoms with Crippen molar-refractivity contribution in [1.29, 1.82) is 0 Å². The fourth-order valence-corrected chi connectivity index (χ4v) is 1.72. The maximum Gasteiger partial charge on any atom is 0.332 e. The van der Waals surface area contributed by atoms with Gasteiger partial charge in [-0.05, 0) is 30.0 Å². The van der Waals surface area contributed by atoms with E-state index in [2.05, 4.69) is 10.5 Å². The van der Waals surface area contributed by atoms with E-state index in [-0.39, 0.29) is 12.7 Å². The molecule has 3 N–H and O–H groups in total. The topological polar surface area (TPSA) is 85.9 Å². The van der Waals surface area contributed by atoms with Crippen LogP contribution in [0.15, 0.2) is 23.3 Å². The van der Waals surface area contributed by atoms with Crippen molar-refractivity contribution in [3.05, 3.63) is 23.8 Å². The number of nitrogens with two attached hydrogens (primary N) is 1. The van der Waals surface area contributed by atoms with Crippen molar-refractivity contribution in [2.75, 3.05) is 6.79 Å². The first-order chi connectivity index (χ1) is 8.65. The first kappa shape index (κ1) is 12.2. The Hall–Kier alpha value is -2.24. The third-order valence-corrected chi connectivity index (χ3v) is 2.50. The van der Waals surface area contributed by atoms with Crippen LogP contribution in [0.5, 0.6) is 11.5 Å². The molecule has 6 heteroatoms. The summed E-state index contributed by atoms with van der Waals surface area (Å²) >= 11 is 0. The molecule has 0 saturated carbocycles. The van der Waals surface area contributed by atoms with E-state index < -0.39 is 6.03 Å². The van der Waals surface area contributed by atoms with Crippen LogP contribution < -0.4 is 20.6 Å². The Morgan fingerprint density at radius 3 is 3.11 bits per heavy atom. The van der Waals surface area contributed by atoms with Gasteiger partial charge >= 0.3 is 6.03 Å². The second kappa shape index (κ2) is 5.39. The van der Waals surface area contributed by atoms with Crippen molar-refractivity contribution in [2.45, 2.75) is 13.3 Å². The van der Waals surface area contributed by atoms with Gasteiger partial charge in [-0.3, -0.25) is 0 Å². The Balaban J connectivity index is 1.93. The molecule has 1 atom stereocenters. The highest BCUT2D eigenvalue weighted by Gasteiger charge is 2.13. The van der Waals surface area contributed by atoms with Gasteiger partial charge in [-0.15, -0.1) is 0 Å². The average molecular weight is 249 g/mol. The third-order valence-electron chi connectivity index (χ3n) is 2.50. The lowest BCUT2D eigenvalue weighted by Crippen LogP contribution is -2.24. The number of hydrazone groups is 1. The van der Waals surface area contributed by atoms with E-state index in [1.165, 1.54) is 0 Å². The number of rotatable bonds is 4. The average Bonchev–Trinajstić information content (AvgIpc) is 2.75. The number of hydrogen-bond donors (Lipinski definition) is 2. The van der Waals surface area contributed by atoms with Gasteiger partial charge < -0.3 is 15.2 Å². The summed E-state index contributed by atoms with van der Waals surface area (Å²) in [7, 11) is 0. The lowest BCUT2D eigenvalue weighted by molar-refractivity contribution is 0.174. The van der Waals surface area contributed by atoms with Gasteiger partial charge in [0.2, 0.25) is 6.79 Å². The molecule has 1 aliphatic heterocycles. The molecular formula is C12H15N3O3. The quantitative estimate of drug-likeness (QED) is 0.622. The predicted molar refractivity (Wildman–Crippen MR) is 66.6 cm³/mol. The van der Waals surface area contributed by atoms with Gasteiger partial charge in [0, 0.05) is 6.21 Å². The maximum atomic E-state index is 10.4. The minimum atomic E-state index is -0.665. The molecule has 18 heavy (non-hydrogen) atoms. The van der Waals surface area contributed by atoms with Gasteiger partial charge in [0.05, 0.1) is 0 Å². The van der Waals surface area contributed by atoms with E-state index in [9.17, 15) is 4.79 Å². The number of carbonyl (C=O) groups is 1. The molecule has 96 valence electrons. The molecule has 0 radical (unpaired) electrons. The second-order valence-corrected chi connectivity index (χ2v) is 4.12. The molecule has 2 amide bonds. The molecule has 2 rings (SSSR count). The summed E-state index contributed by atoms with van der Waals surface area (Å²) in [6, 6.07) is 5.16. The molecular weight excluding hydrogens is 234 g/mol. The van der Waals surface area contributed by atoms with Crippen molar-refractivity contribution in [3.63, 3.8) is 0 Å². The summed E-state index contributed by atoms with van der Waals surface area (Å²) in [6.07, 6.45) is 2.44. The summed E-state index contributed by atoms with van der Waals surface area (Å²) in [5.41, 5.74) is 8.19. The number of benzene rings is 1. The highest BCUT2D eigenvalue weighted by atomic mass is 16.7. The van der Waals surface area contributed by atoms with Crippen molar-refractivity contribution in [1.82, 2.24) is 5.43 Å². The SMILES string of the molecule is C[C@@H](/C=N\NC(N)=O)Cc1ccc2c(c1)OCO2. The predicted octanol–water partition coefficient (Wildman–Crippen LogP) is 1.25. The van der Waals surface area contributed by atoms with Crippen LogP contribution in [-0.4, -0.2) is 19.0 Å². The van der Waals surface area contributed by atoms with Crippen LogP contribution >= 0.6 is 0 Å². The van der Waals surface area contributed by atoms with E-state index >= 15 is 0 Å². The van der Waals surface area contributed by atoms with Crippen molar-refractivity contribution in [2.24, 2.45) is 16.8 Å². The minimum absolute atomic E-state index is 0.178. The zero-order valence-corrected chi connectivity index (χ0v) is 10.1. The second-order valence-electron chi connectivity index (χ2n) is 4.12. The Bertz CT molecular complexity index is 474. The first-order valence-corrected chi connectivity index (χ1v) is 5.62. The molecule has 1 aromatic rings. The van der Waals surface area contributed by atoms with Gasteiger partial charge in [-0.1, -0.05) is 13.0 Å². The lowest BCUT2D eigenvalue weighted by atomic mass is 10.0. The van der Waals surface area contributed by atoms with Crippen molar-refractivity contribution >= 4 is 12.2 Å². The monoisotopic (exact) mass is 249 g/mol. The third kappa shape index (κ3) is 3.13. The van der Waals surface area contributed by atoms with Gasteiger partial charge in [-0.25, -0.2) is 10.2 Å². The molecule has 1 heterocycles. The summed E-state index contributed by atoms with van der Waals surface area (Å²) in [5, 5.41) is 3.73. The number of fused-ring (bicyclic) bond motifs is 1. The number of primary amides is 1. The number of nitrogens with zero attached hydrogens (tertiary/aromatic N) is 1. The minimum Gasteiger partial charge on any atom is -0.454 e. The van der Waals surface area contributed by atoms with Crippen molar-refractivity contribution in [3.8, 4) is 11.5 Å². The molecule has 1 aromatic carbocycles. The fourth-order valence-electron chi connectivity index (χ4n) is 1.72. The standard InChI is InChI=1S/C12H15N3O3/c1-8(6-14-15-12(13)16)4-9-2-3-10-11(5-9)18-7-17-10/h2-3,5-6,8H,4,7H2,1H3,(H3,13,15,16)/b14-6-/t8-/m1/s1. The Morgan fingerprint density at radius 2 is 2.33 bits per heavy atom. The van der Waals surface area contributed by atoms with Gasteiger partial charge in [0.1, 0.15) is 0 Å². The van der Waals surface area contributed by atoms with E-state index in [4.69, 9.17) is 15.2 Å². The summed E-state index contributed by atoms with van der Waals surface area (Å²) in [4.78, 5) is 10.4. The zero-order chi connectivity index (χ0) is 13.0. The number of amides is 2. The lowest BCUT2D eigenvalue weighted by Gasteiger charge is -2.06. The molecule has 0 unspecified atom stereocenters. The van der Waals surface area contributed by atoms with Gasteiger partial charge in [0.25, 0.3) is 0 Å². The fraction of sp³-hybridized carbons (Fsp3) is 0.333. The van der Waals surface area contributed by atoms with Crippen LogP contribution in [0.4, 0.5) is 4.79 Å². The Morgan fingerprint density at radius 1 is 1.56 bits per heavy atom. The summed E-state index contributed by atoms with van der Waals surface area (Å²) in [6.45, 7) is 2.27. The number of ether oxygens (including phenoxy) is 2. The molecule has 0 spiro atoms. The Kier molecular flexibility index (Phi) is 3.66.